The minimum absolute atomic E-state index is 0.0256. The maximum Gasteiger partial charge on any atom is 0.225 e. The molecular formula is C18H23ClN4O2. The number of ether oxygens (including phenoxy) is 1. The van der Waals surface area contributed by atoms with E-state index >= 15 is 0 Å². The van der Waals surface area contributed by atoms with Crippen molar-refractivity contribution in [3.63, 3.8) is 0 Å². The van der Waals surface area contributed by atoms with E-state index in [1.165, 1.54) is 0 Å². The lowest BCUT2D eigenvalue weighted by atomic mass is 10.3. The van der Waals surface area contributed by atoms with Crippen LogP contribution in [0.5, 0.6) is 5.75 Å². The van der Waals surface area contributed by atoms with Crippen LogP contribution in [0.3, 0.4) is 0 Å². The Bertz CT molecular complexity index is 705. The molecule has 0 aliphatic carbocycles. The number of carbonyl (C=O) groups excluding carboxylic acids is 1. The van der Waals surface area contributed by atoms with Crippen LogP contribution < -0.4 is 15.0 Å². The lowest BCUT2D eigenvalue weighted by Crippen LogP contribution is -2.24. The molecule has 1 heterocycles. The Morgan fingerprint density at radius 3 is 2.64 bits per heavy atom. The van der Waals surface area contributed by atoms with Gasteiger partial charge < -0.3 is 15.0 Å². The van der Waals surface area contributed by atoms with Crippen molar-refractivity contribution < 1.29 is 9.53 Å². The van der Waals surface area contributed by atoms with Gasteiger partial charge in [0.2, 0.25) is 11.9 Å². The Kier molecular flexibility index (Phi) is 7.01. The van der Waals surface area contributed by atoms with Crippen molar-refractivity contribution in [2.24, 2.45) is 0 Å². The maximum absolute atomic E-state index is 11.9. The van der Waals surface area contributed by atoms with Gasteiger partial charge in [0.1, 0.15) is 5.75 Å². The largest absolute Gasteiger partial charge is 0.494 e. The summed E-state index contributed by atoms with van der Waals surface area (Å²) in [5.41, 5.74) is 1.67. The molecular weight excluding hydrogens is 340 g/mol. The van der Waals surface area contributed by atoms with Crippen LogP contribution in [0, 0.1) is 6.92 Å². The maximum atomic E-state index is 11.9. The lowest BCUT2D eigenvalue weighted by Gasteiger charge is -2.12. The van der Waals surface area contributed by atoms with Crippen LogP contribution in [0.1, 0.15) is 24.2 Å². The Morgan fingerprint density at radius 1 is 1.24 bits per heavy atom. The van der Waals surface area contributed by atoms with Crippen LogP contribution >= 0.6 is 11.6 Å². The van der Waals surface area contributed by atoms with Gasteiger partial charge in [-0.3, -0.25) is 4.79 Å². The smallest absolute Gasteiger partial charge is 0.225 e. The normalized spacial score (nSPS) is 10.4. The predicted molar refractivity (Wildman–Crippen MR) is 99.1 cm³/mol. The molecule has 25 heavy (non-hydrogen) atoms. The molecule has 0 aliphatic heterocycles. The van der Waals surface area contributed by atoms with Gasteiger partial charge in [-0.1, -0.05) is 11.6 Å². The highest BCUT2D eigenvalue weighted by atomic mass is 35.5. The number of hydrogen-bond donors (Lipinski definition) is 1. The van der Waals surface area contributed by atoms with Crippen molar-refractivity contribution in [3.8, 4) is 5.75 Å². The summed E-state index contributed by atoms with van der Waals surface area (Å²) in [6.07, 6.45) is 1.04. The molecule has 0 unspecified atom stereocenters. The fraction of sp³-hybridized carbons (Fsp3) is 0.389. The van der Waals surface area contributed by atoms with Gasteiger partial charge in [0.25, 0.3) is 0 Å². The summed E-state index contributed by atoms with van der Waals surface area (Å²) >= 11 is 5.82. The van der Waals surface area contributed by atoms with E-state index in [1.54, 1.807) is 12.1 Å². The minimum atomic E-state index is -0.0256. The Morgan fingerprint density at radius 2 is 1.96 bits per heavy atom. The number of halogens is 1. The van der Waals surface area contributed by atoms with Gasteiger partial charge in [-0.15, -0.1) is 0 Å². The topological polar surface area (TPSA) is 67.3 Å². The summed E-state index contributed by atoms with van der Waals surface area (Å²) in [4.78, 5) is 22.5. The first kappa shape index (κ1) is 19.0. The molecule has 1 aromatic carbocycles. The monoisotopic (exact) mass is 362 g/mol. The summed E-state index contributed by atoms with van der Waals surface area (Å²) < 4.78 is 5.57. The summed E-state index contributed by atoms with van der Waals surface area (Å²) in [7, 11) is 3.77. The molecule has 2 rings (SSSR count). The molecule has 0 spiro atoms. The van der Waals surface area contributed by atoms with Gasteiger partial charge in [0.05, 0.1) is 18.8 Å². The zero-order valence-corrected chi connectivity index (χ0v) is 15.5. The third-order valence-corrected chi connectivity index (χ3v) is 3.64. The third-order valence-electron chi connectivity index (χ3n) is 3.39. The lowest BCUT2D eigenvalue weighted by molar-refractivity contribution is -0.121. The number of nitrogens with one attached hydrogen (secondary N) is 1. The highest BCUT2D eigenvalue weighted by molar-refractivity contribution is 6.30. The third kappa shape index (κ3) is 6.58. The van der Waals surface area contributed by atoms with E-state index in [9.17, 15) is 4.79 Å². The Labute approximate surface area is 153 Å². The zero-order chi connectivity index (χ0) is 18.2. The van der Waals surface area contributed by atoms with Crippen molar-refractivity contribution in [1.29, 1.82) is 0 Å². The second-order valence-electron chi connectivity index (χ2n) is 5.88. The molecule has 0 bridgehead atoms. The molecule has 1 amide bonds. The van der Waals surface area contributed by atoms with Crippen LogP contribution in [0.25, 0.3) is 0 Å². The minimum Gasteiger partial charge on any atom is -0.494 e. The van der Waals surface area contributed by atoms with Crippen molar-refractivity contribution in [2.75, 3.05) is 25.6 Å². The van der Waals surface area contributed by atoms with Gasteiger partial charge in [0, 0.05) is 31.2 Å². The summed E-state index contributed by atoms with van der Waals surface area (Å²) in [6.45, 7) is 2.78. The van der Waals surface area contributed by atoms with E-state index < -0.39 is 0 Å². The zero-order valence-electron chi connectivity index (χ0n) is 14.8. The number of hydrogen-bond acceptors (Lipinski definition) is 5. The Balaban J connectivity index is 1.71. The molecule has 7 heteroatoms. The van der Waals surface area contributed by atoms with Crippen molar-refractivity contribution in [1.82, 2.24) is 15.3 Å². The Hall–Kier alpha value is -2.34. The highest BCUT2D eigenvalue weighted by Gasteiger charge is 2.06. The van der Waals surface area contributed by atoms with Crippen LogP contribution in [-0.4, -0.2) is 36.6 Å². The number of rotatable bonds is 8. The number of amides is 1. The first-order valence-corrected chi connectivity index (χ1v) is 8.49. The van der Waals surface area contributed by atoms with E-state index in [0.29, 0.717) is 37.0 Å². The number of anilines is 1. The van der Waals surface area contributed by atoms with E-state index in [-0.39, 0.29) is 5.91 Å². The van der Waals surface area contributed by atoms with Gasteiger partial charge in [-0.05, 0) is 43.7 Å². The number of aromatic nitrogens is 2. The standard InChI is InChI=1S/C18H23ClN4O2/c1-13-11-15(22-18(21-13)23(2)3)12-20-17(24)5-4-10-25-16-8-6-14(19)7-9-16/h6-9,11H,4-5,10,12H2,1-3H3,(H,20,24). The number of benzene rings is 1. The molecule has 0 atom stereocenters. The fourth-order valence-corrected chi connectivity index (χ4v) is 2.26. The second-order valence-corrected chi connectivity index (χ2v) is 6.31. The van der Waals surface area contributed by atoms with Crippen molar-refractivity contribution in [3.05, 3.63) is 46.7 Å². The van der Waals surface area contributed by atoms with Gasteiger partial charge in [0.15, 0.2) is 0 Å². The quantitative estimate of drug-likeness (QED) is 0.731. The number of carbonyl (C=O) groups is 1. The molecule has 6 nitrogen and oxygen atoms in total. The molecule has 134 valence electrons. The van der Waals surface area contributed by atoms with Crippen LogP contribution in [-0.2, 0) is 11.3 Å². The summed E-state index contributed by atoms with van der Waals surface area (Å²) in [6, 6.07) is 9.03. The van der Waals surface area contributed by atoms with Crippen molar-refractivity contribution >= 4 is 23.5 Å². The highest BCUT2D eigenvalue weighted by Crippen LogP contribution is 2.15. The molecule has 0 fully saturated rings. The first-order valence-electron chi connectivity index (χ1n) is 8.11. The SMILES string of the molecule is Cc1cc(CNC(=O)CCCOc2ccc(Cl)cc2)nc(N(C)C)n1. The van der Waals surface area contributed by atoms with E-state index in [4.69, 9.17) is 16.3 Å². The van der Waals surface area contributed by atoms with E-state index in [0.717, 1.165) is 17.1 Å². The average Bonchev–Trinajstić information content (AvgIpc) is 2.58. The fourth-order valence-electron chi connectivity index (χ4n) is 2.14. The predicted octanol–water partition coefficient (Wildman–Crippen LogP) is 2.98. The molecule has 2 aromatic rings. The summed E-state index contributed by atoms with van der Waals surface area (Å²) in [5, 5.41) is 3.55. The molecule has 1 N–H and O–H groups in total. The van der Waals surface area contributed by atoms with Gasteiger partial charge in [-0.25, -0.2) is 9.97 Å². The van der Waals surface area contributed by atoms with E-state index in [1.807, 2.05) is 44.1 Å². The second kappa shape index (κ2) is 9.22. The molecule has 0 radical (unpaired) electrons. The van der Waals surface area contributed by atoms with Crippen LogP contribution in [0.15, 0.2) is 30.3 Å². The molecule has 1 aromatic heterocycles. The van der Waals surface area contributed by atoms with Crippen molar-refractivity contribution in [2.45, 2.75) is 26.3 Å². The first-order chi connectivity index (χ1) is 11.9. The average molecular weight is 363 g/mol. The molecule has 0 saturated carbocycles. The molecule has 0 saturated heterocycles. The summed E-state index contributed by atoms with van der Waals surface area (Å²) in [5.74, 6) is 1.36. The van der Waals surface area contributed by atoms with Crippen LogP contribution in [0.4, 0.5) is 5.95 Å². The van der Waals surface area contributed by atoms with Crippen LogP contribution in [0.2, 0.25) is 5.02 Å². The van der Waals surface area contributed by atoms with E-state index in [2.05, 4.69) is 15.3 Å². The van der Waals surface area contributed by atoms with Gasteiger partial charge in [-0.2, -0.15) is 0 Å². The molecule has 0 aliphatic rings. The number of aryl methyl sites for hydroxylation is 1. The number of nitrogens with zero attached hydrogens (tertiary/aromatic N) is 3. The van der Waals surface area contributed by atoms with Gasteiger partial charge >= 0.3 is 0 Å².